The molecule has 1 amide bonds. The molecule has 0 aliphatic carbocycles. The molecule has 0 saturated carbocycles. The Labute approximate surface area is 152 Å². The third kappa shape index (κ3) is 3.69. The van der Waals surface area contributed by atoms with Crippen LogP contribution in [0.5, 0.6) is 23.0 Å². The van der Waals surface area contributed by atoms with Crippen molar-refractivity contribution in [2.24, 2.45) is 5.10 Å². The van der Waals surface area contributed by atoms with Crippen LogP contribution in [0.4, 0.5) is 0 Å². The number of ether oxygens (including phenoxy) is 4. The van der Waals surface area contributed by atoms with Crippen LogP contribution in [-0.4, -0.2) is 33.1 Å². The predicted octanol–water partition coefficient (Wildman–Crippen LogP) is 2.96. The lowest BCUT2D eigenvalue weighted by Gasteiger charge is -2.09. The molecule has 0 saturated heterocycles. The first kappa shape index (κ1) is 17.1. The first-order chi connectivity index (χ1) is 12.1. The van der Waals surface area contributed by atoms with Crippen molar-refractivity contribution >= 4 is 28.1 Å². The first-order valence-electron chi connectivity index (χ1n) is 7.27. The summed E-state index contributed by atoms with van der Waals surface area (Å²) in [6, 6.07) is 8.48. The minimum absolute atomic E-state index is 0.191. The minimum Gasteiger partial charge on any atom is -0.497 e. The van der Waals surface area contributed by atoms with Crippen LogP contribution in [0.25, 0.3) is 0 Å². The zero-order chi connectivity index (χ0) is 17.8. The summed E-state index contributed by atoms with van der Waals surface area (Å²) in [4.78, 5) is 12.3. The molecule has 0 spiro atoms. The molecule has 0 atom stereocenters. The van der Waals surface area contributed by atoms with Gasteiger partial charge in [0.25, 0.3) is 5.91 Å². The number of halogens is 1. The number of hydrogen-bond acceptors (Lipinski definition) is 6. The molecule has 2 aromatic rings. The average molecular weight is 407 g/mol. The molecule has 0 unspecified atom stereocenters. The van der Waals surface area contributed by atoms with Crippen molar-refractivity contribution in [1.82, 2.24) is 5.43 Å². The highest BCUT2D eigenvalue weighted by atomic mass is 79.9. The summed E-state index contributed by atoms with van der Waals surface area (Å²) in [7, 11) is 3.03. The molecule has 1 aliphatic heterocycles. The number of carbonyl (C=O) groups excluding carboxylic acids is 1. The zero-order valence-corrected chi connectivity index (χ0v) is 15.1. The van der Waals surface area contributed by atoms with Crippen LogP contribution >= 0.6 is 15.9 Å². The maximum Gasteiger partial charge on any atom is 0.275 e. The fourth-order valence-corrected chi connectivity index (χ4v) is 2.66. The second-order valence-electron chi connectivity index (χ2n) is 4.99. The van der Waals surface area contributed by atoms with Crippen LogP contribution in [0.15, 0.2) is 39.9 Å². The highest BCUT2D eigenvalue weighted by molar-refractivity contribution is 9.10. The lowest BCUT2D eigenvalue weighted by Crippen LogP contribution is -2.18. The van der Waals surface area contributed by atoms with E-state index in [0.29, 0.717) is 28.6 Å². The minimum atomic E-state index is -0.396. The van der Waals surface area contributed by atoms with Crippen molar-refractivity contribution < 1.29 is 23.7 Å². The topological polar surface area (TPSA) is 78.4 Å². The van der Waals surface area contributed by atoms with Crippen LogP contribution in [0.3, 0.4) is 0 Å². The SMILES string of the molecule is COc1ccc(C(=O)N/N=C\c2cc3c(cc2Br)OCO3)c(OC)c1. The second-order valence-corrected chi connectivity index (χ2v) is 5.85. The van der Waals surface area contributed by atoms with E-state index in [1.807, 2.05) is 0 Å². The number of nitrogens with one attached hydrogen (secondary N) is 1. The van der Waals surface area contributed by atoms with Crippen molar-refractivity contribution in [2.45, 2.75) is 0 Å². The molecule has 0 aromatic heterocycles. The first-order valence-corrected chi connectivity index (χ1v) is 8.06. The number of methoxy groups -OCH3 is 2. The number of rotatable bonds is 5. The highest BCUT2D eigenvalue weighted by Crippen LogP contribution is 2.36. The van der Waals surface area contributed by atoms with Gasteiger partial charge in [0, 0.05) is 16.1 Å². The number of carbonyl (C=O) groups is 1. The van der Waals surface area contributed by atoms with Crippen molar-refractivity contribution in [3.63, 3.8) is 0 Å². The number of amides is 1. The van der Waals surface area contributed by atoms with E-state index in [1.165, 1.54) is 13.3 Å². The van der Waals surface area contributed by atoms with Crippen LogP contribution in [0.1, 0.15) is 15.9 Å². The maximum absolute atomic E-state index is 12.3. The van der Waals surface area contributed by atoms with E-state index < -0.39 is 5.91 Å². The molecule has 1 aliphatic rings. The van der Waals surface area contributed by atoms with Crippen LogP contribution in [-0.2, 0) is 0 Å². The maximum atomic E-state index is 12.3. The van der Waals surface area contributed by atoms with Gasteiger partial charge in [-0.15, -0.1) is 0 Å². The van der Waals surface area contributed by atoms with Gasteiger partial charge in [-0.25, -0.2) is 5.43 Å². The summed E-state index contributed by atoms with van der Waals surface area (Å²) in [6.07, 6.45) is 1.51. The molecule has 0 radical (unpaired) electrons. The Morgan fingerprint density at radius 3 is 2.68 bits per heavy atom. The van der Waals surface area contributed by atoms with E-state index in [9.17, 15) is 4.79 Å². The zero-order valence-electron chi connectivity index (χ0n) is 13.5. The van der Waals surface area contributed by atoms with E-state index in [0.717, 1.165) is 10.0 Å². The van der Waals surface area contributed by atoms with E-state index in [1.54, 1.807) is 37.4 Å². The fraction of sp³-hybridized carbons (Fsp3) is 0.176. The summed E-state index contributed by atoms with van der Waals surface area (Å²) in [5.74, 6) is 1.90. The van der Waals surface area contributed by atoms with Gasteiger partial charge in [0.1, 0.15) is 11.5 Å². The Balaban J connectivity index is 1.73. The quantitative estimate of drug-likeness (QED) is 0.609. The molecular formula is C17H15BrN2O5. The molecule has 8 heteroatoms. The van der Waals surface area contributed by atoms with E-state index in [4.69, 9.17) is 18.9 Å². The van der Waals surface area contributed by atoms with Gasteiger partial charge < -0.3 is 18.9 Å². The monoisotopic (exact) mass is 406 g/mol. The summed E-state index contributed by atoms with van der Waals surface area (Å²) in [5, 5.41) is 3.98. The molecule has 3 rings (SSSR count). The summed E-state index contributed by atoms with van der Waals surface area (Å²) >= 11 is 3.43. The summed E-state index contributed by atoms with van der Waals surface area (Å²) < 4.78 is 21.7. The Morgan fingerprint density at radius 2 is 1.96 bits per heavy atom. The Morgan fingerprint density at radius 1 is 1.20 bits per heavy atom. The number of hydrogen-bond donors (Lipinski definition) is 1. The summed E-state index contributed by atoms with van der Waals surface area (Å²) in [6.45, 7) is 0.191. The number of hydrazone groups is 1. The predicted molar refractivity (Wildman–Crippen MR) is 94.9 cm³/mol. The molecule has 0 bridgehead atoms. The lowest BCUT2D eigenvalue weighted by atomic mass is 10.2. The van der Waals surface area contributed by atoms with Gasteiger partial charge in [-0.2, -0.15) is 5.10 Å². The molecule has 25 heavy (non-hydrogen) atoms. The van der Waals surface area contributed by atoms with Crippen molar-refractivity contribution in [1.29, 1.82) is 0 Å². The molecular weight excluding hydrogens is 392 g/mol. The second kappa shape index (κ2) is 7.43. The lowest BCUT2D eigenvalue weighted by molar-refractivity contribution is 0.0952. The fourth-order valence-electron chi connectivity index (χ4n) is 2.24. The number of fused-ring (bicyclic) bond motifs is 1. The highest BCUT2D eigenvalue weighted by Gasteiger charge is 2.16. The number of benzene rings is 2. The number of nitrogens with zero attached hydrogens (tertiary/aromatic N) is 1. The molecule has 1 heterocycles. The average Bonchev–Trinajstić information content (AvgIpc) is 3.08. The molecule has 1 N–H and O–H groups in total. The van der Waals surface area contributed by atoms with E-state index in [2.05, 4.69) is 26.5 Å². The van der Waals surface area contributed by atoms with Crippen LogP contribution in [0, 0.1) is 0 Å². The molecule has 7 nitrogen and oxygen atoms in total. The van der Waals surface area contributed by atoms with Crippen LogP contribution in [0.2, 0.25) is 0 Å². The van der Waals surface area contributed by atoms with Gasteiger partial charge in [-0.05, 0) is 40.2 Å². The third-order valence-corrected chi connectivity index (χ3v) is 4.20. The van der Waals surface area contributed by atoms with Crippen LogP contribution < -0.4 is 24.4 Å². The van der Waals surface area contributed by atoms with Gasteiger partial charge in [0.15, 0.2) is 11.5 Å². The van der Waals surface area contributed by atoms with Crippen molar-refractivity contribution in [2.75, 3.05) is 21.0 Å². The Bertz CT molecular complexity index is 838. The van der Waals surface area contributed by atoms with E-state index >= 15 is 0 Å². The van der Waals surface area contributed by atoms with Gasteiger partial charge in [-0.3, -0.25) is 4.79 Å². The van der Waals surface area contributed by atoms with Crippen molar-refractivity contribution in [3.8, 4) is 23.0 Å². The third-order valence-electron chi connectivity index (χ3n) is 3.51. The largest absolute Gasteiger partial charge is 0.497 e. The molecule has 2 aromatic carbocycles. The van der Waals surface area contributed by atoms with Gasteiger partial charge in [0.2, 0.25) is 6.79 Å². The van der Waals surface area contributed by atoms with Gasteiger partial charge in [-0.1, -0.05) is 0 Å². The van der Waals surface area contributed by atoms with Crippen molar-refractivity contribution in [3.05, 3.63) is 45.9 Å². The van der Waals surface area contributed by atoms with E-state index in [-0.39, 0.29) is 6.79 Å². The molecule has 130 valence electrons. The Hall–Kier alpha value is -2.74. The van der Waals surface area contributed by atoms with Gasteiger partial charge in [0.05, 0.1) is 26.0 Å². The normalized spacial score (nSPS) is 12.3. The smallest absolute Gasteiger partial charge is 0.275 e. The standard InChI is InChI=1S/C17H15BrN2O5/c1-22-11-3-4-12(14(6-11)23-2)17(21)20-19-8-10-5-15-16(7-13(10)18)25-9-24-15/h3-8H,9H2,1-2H3,(H,20,21)/b19-8-. The van der Waals surface area contributed by atoms with Gasteiger partial charge >= 0.3 is 0 Å². The summed E-state index contributed by atoms with van der Waals surface area (Å²) in [5.41, 5.74) is 3.57. The molecule has 0 fully saturated rings. The Kier molecular flexibility index (Phi) is 5.08.